The van der Waals surface area contributed by atoms with Crippen molar-refractivity contribution in [3.63, 3.8) is 0 Å². The van der Waals surface area contributed by atoms with Gasteiger partial charge in [-0.1, -0.05) is 11.6 Å². The molecule has 0 bridgehead atoms. The zero-order valence-electron chi connectivity index (χ0n) is 9.00. The molecule has 3 N–H and O–H groups in total. The van der Waals surface area contributed by atoms with Crippen molar-refractivity contribution >= 4 is 11.6 Å². The van der Waals surface area contributed by atoms with E-state index in [4.69, 9.17) is 26.8 Å². The predicted octanol–water partition coefficient (Wildman–Crippen LogP) is 1.28. The topological polar surface area (TPSA) is 64.7 Å². The molecule has 2 rings (SSSR count). The van der Waals surface area contributed by atoms with E-state index in [1.165, 1.54) is 7.11 Å². The molecule has 16 heavy (non-hydrogen) atoms. The highest BCUT2D eigenvalue weighted by Crippen LogP contribution is 2.44. The summed E-state index contributed by atoms with van der Waals surface area (Å²) in [5, 5.41) is 10.9. The molecule has 1 aromatic rings. The normalized spacial score (nSPS) is 23.5. The second-order valence-electron chi connectivity index (χ2n) is 3.82. The largest absolute Gasteiger partial charge is 0.493 e. The Kier molecular flexibility index (Phi) is 2.97. The molecule has 0 aliphatic carbocycles. The third kappa shape index (κ3) is 1.73. The van der Waals surface area contributed by atoms with Gasteiger partial charge in [-0.15, -0.1) is 0 Å². The Hall–Kier alpha value is -0.970. The fraction of sp³-hybridized carbons (Fsp3) is 0.455. The second-order valence-corrected chi connectivity index (χ2v) is 4.26. The van der Waals surface area contributed by atoms with Gasteiger partial charge < -0.3 is 20.3 Å². The molecule has 1 heterocycles. The molecular weight excluding hydrogens is 230 g/mol. The third-order valence-electron chi connectivity index (χ3n) is 2.84. The van der Waals surface area contributed by atoms with Gasteiger partial charge in [0.15, 0.2) is 11.5 Å². The smallest absolute Gasteiger partial charge is 0.167 e. The van der Waals surface area contributed by atoms with Crippen LogP contribution in [0.1, 0.15) is 12.0 Å². The lowest BCUT2D eigenvalue weighted by atomic mass is 9.88. The van der Waals surface area contributed by atoms with Crippen LogP contribution < -0.4 is 15.2 Å². The van der Waals surface area contributed by atoms with Crippen LogP contribution in [0.4, 0.5) is 0 Å². The quantitative estimate of drug-likeness (QED) is 0.821. The Balaban J connectivity index is 2.60. The number of methoxy groups -OCH3 is 1. The van der Waals surface area contributed by atoms with Crippen LogP contribution in [-0.4, -0.2) is 25.4 Å². The van der Waals surface area contributed by atoms with Gasteiger partial charge >= 0.3 is 0 Å². The molecule has 1 atom stereocenters. The van der Waals surface area contributed by atoms with Gasteiger partial charge in [0.25, 0.3) is 0 Å². The number of fused-ring (bicyclic) bond motifs is 1. The highest BCUT2D eigenvalue weighted by atomic mass is 35.5. The summed E-state index contributed by atoms with van der Waals surface area (Å²) >= 11 is 5.96. The van der Waals surface area contributed by atoms with E-state index in [-0.39, 0.29) is 6.54 Å². The van der Waals surface area contributed by atoms with Crippen LogP contribution in [0.15, 0.2) is 12.1 Å². The lowest BCUT2D eigenvalue weighted by Crippen LogP contribution is -2.39. The van der Waals surface area contributed by atoms with E-state index >= 15 is 0 Å². The van der Waals surface area contributed by atoms with E-state index in [0.29, 0.717) is 35.1 Å². The van der Waals surface area contributed by atoms with Crippen LogP contribution >= 0.6 is 11.6 Å². The van der Waals surface area contributed by atoms with Crippen molar-refractivity contribution in [1.82, 2.24) is 0 Å². The Morgan fingerprint density at radius 2 is 2.38 bits per heavy atom. The fourth-order valence-electron chi connectivity index (χ4n) is 1.88. The molecule has 0 saturated carbocycles. The number of benzene rings is 1. The van der Waals surface area contributed by atoms with Crippen LogP contribution in [-0.2, 0) is 5.60 Å². The fourth-order valence-corrected chi connectivity index (χ4v) is 2.09. The van der Waals surface area contributed by atoms with Gasteiger partial charge in [0.1, 0.15) is 5.60 Å². The van der Waals surface area contributed by atoms with E-state index < -0.39 is 5.60 Å². The number of aliphatic hydroxyl groups is 1. The molecule has 0 spiro atoms. The first kappa shape index (κ1) is 11.5. The van der Waals surface area contributed by atoms with Crippen molar-refractivity contribution in [2.45, 2.75) is 12.0 Å². The van der Waals surface area contributed by atoms with Crippen LogP contribution in [0.25, 0.3) is 0 Å². The molecule has 1 aliphatic rings. The Bertz CT molecular complexity index is 410. The number of ether oxygens (including phenoxy) is 2. The maximum atomic E-state index is 10.4. The van der Waals surface area contributed by atoms with Crippen molar-refractivity contribution in [2.24, 2.45) is 5.73 Å². The molecule has 4 nitrogen and oxygen atoms in total. The van der Waals surface area contributed by atoms with Gasteiger partial charge in [0, 0.05) is 29.6 Å². The average Bonchev–Trinajstić information content (AvgIpc) is 2.29. The van der Waals surface area contributed by atoms with Crippen molar-refractivity contribution in [3.05, 3.63) is 22.7 Å². The first-order valence-corrected chi connectivity index (χ1v) is 5.42. The lowest BCUT2D eigenvalue weighted by Gasteiger charge is -2.34. The van der Waals surface area contributed by atoms with Crippen molar-refractivity contribution < 1.29 is 14.6 Å². The molecule has 0 saturated heterocycles. The summed E-state index contributed by atoms with van der Waals surface area (Å²) in [5.74, 6) is 1.06. The summed E-state index contributed by atoms with van der Waals surface area (Å²) in [6.07, 6.45) is 0.458. The standard InChI is InChI=1S/C11H14ClNO3/c1-15-9-5-7(12)4-8-10(9)16-3-2-11(8,14)6-13/h4-5,14H,2-3,6,13H2,1H3. The lowest BCUT2D eigenvalue weighted by molar-refractivity contribution is 0.00436. The van der Waals surface area contributed by atoms with Crippen LogP contribution in [0, 0.1) is 0 Å². The summed E-state index contributed by atoms with van der Waals surface area (Å²) in [6, 6.07) is 3.33. The molecule has 0 aromatic heterocycles. The van der Waals surface area contributed by atoms with Crippen molar-refractivity contribution in [3.8, 4) is 11.5 Å². The van der Waals surface area contributed by atoms with E-state index in [1.807, 2.05) is 0 Å². The van der Waals surface area contributed by atoms with Crippen LogP contribution in [0.3, 0.4) is 0 Å². The maximum absolute atomic E-state index is 10.4. The van der Waals surface area contributed by atoms with Crippen molar-refractivity contribution in [2.75, 3.05) is 20.3 Å². The second kappa shape index (κ2) is 4.13. The van der Waals surface area contributed by atoms with E-state index in [2.05, 4.69) is 0 Å². The van der Waals surface area contributed by atoms with Gasteiger partial charge in [-0.25, -0.2) is 0 Å². The average molecular weight is 244 g/mol. The molecule has 1 aliphatic heterocycles. The van der Waals surface area contributed by atoms with Crippen molar-refractivity contribution in [1.29, 1.82) is 0 Å². The summed E-state index contributed by atoms with van der Waals surface area (Å²) in [5.41, 5.74) is 5.13. The number of nitrogens with two attached hydrogens (primary N) is 1. The van der Waals surface area contributed by atoms with Gasteiger partial charge in [0.2, 0.25) is 0 Å². The highest BCUT2D eigenvalue weighted by Gasteiger charge is 2.36. The minimum atomic E-state index is -1.08. The molecular formula is C11H14ClNO3. The maximum Gasteiger partial charge on any atom is 0.167 e. The third-order valence-corrected chi connectivity index (χ3v) is 3.06. The zero-order chi connectivity index (χ0) is 11.8. The molecule has 5 heteroatoms. The number of hydrogen-bond acceptors (Lipinski definition) is 4. The van der Waals surface area contributed by atoms with Gasteiger partial charge in [0.05, 0.1) is 13.7 Å². The molecule has 88 valence electrons. The number of halogens is 1. The summed E-state index contributed by atoms with van der Waals surface area (Å²) < 4.78 is 10.7. The molecule has 0 fully saturated rings. The Labute approximate surface area is 98.9 Å². The SMILES string of the molecule is COc1cc(Cl)cc2c1OCCC2(O)CN. The highest BCUT2D eigenvalue weighted by molar-refractivity contribution is 6.30. The first-order valence-electron chi connectivity index (χ1n) is 5.04. The summed E-state index contributed by atoms with van der Waals surface area (Å²) in [7, 11) is 1.53. The van der Waals surface area contributed by atoms with E-state index in [9.17, 15) is 5.11 Å². The molecule has 1 aromatic carbocycles. The summed E-state index contributed by atoms with van der Waals surface area (Å²) in [4.78, 5) is 0. The van der Waals surface area contributed by atoms with Crippen LogP contribution in [0.5, 0.6) is 11.5 Å². The molecule has 0 amide bonds. The minimum Gasteiger partial charge on any atom is -0.493 e. The van der Waals surface area contributed by atoms with Gasteiger partial charge in [-0.05, 0) is 6.07 Å². The monoisotopic (exact) mass is 243 g/mol. The number of hydrogen-bond donors (Lipinski definition) is 2. The molecule has 0 radical (unpaired) electrons. The number of rotatable bonds is 2. The Morgan fingerprint density at radius 3 is 3.00 bits per heavy atom. The predicted molar refractivity (Wildman–Crippen MR) is 61.1 cm³/mol. The minimum absolute atomic E-state index is 0.132. The zero-order valence-corrected chi connectivity index (χ0v) is 9.75. The van der Waals surface area contributed by atoms with E-state index in [1.54, 1.807) is 12.1 Å². The summed E-state index contributed by atoms with van der Waals surface area (Å²) in [6.45, 7) is 0.547. The van der Waals surface area contributed by atoms with Gasteiger partial charge in [-0.2, -0.15) is 0 Å². The van der Waals surface area contributed by atoms with Crippen LogP contribution in [0.2, 0.25) is 5.02 Å². The molecule has 1 unspecified atom stereocenters. The van der Waals surface area contributed by atoms with Gasteiger partial charge in [-0.3, -0.25) is 0 Å². The van der Waals surface area contributed by atoms with E-state index in [0.717, 1.165) is 0 Å². The Morgan fingerprint density at radius 1 is 1.62 bits per heavy atom. The first-order chi connectivity index (χ1) is 7.60.